The van der Waals surface area contributed by atoms with Crippen molar-refractivity contribution >= 4 is 5.91 Å². The van der Waals surface area contributed by atoms with Crippen molar-refractivity contribution in [1.82, 2.24) is 20.4 Å². The molecule has 1 heterocycles. The second-order valence-corrected chi connectivity index (χ2v) is 7.55. The van der Waals surface area contributed by atoms with E-state index in [1.807, 2.05) is 82.5 Å². The Kier molecular flexibility index (Phi) is 6.67. The van der Waals surface area contributed by atoms with Crippen molar-refractivity contribution in [2.75, 3.05) is 27.2 Å². The molecule has 0 bridgehead atoms. The monoisotopic (exact) mass is 392 g/mol. The van der Waals surface area contributed by atoms with Crippen molar-refractivity contribution in [2.24, 2.45) is 0 Å². The number of carbonyl (C=O) groups excluding carboxylic acids is 1. The summed E-state index contributed by atoms with van der Waals surface area (Å²) >= 11 is 0. The van der Waals surface area contributed by atoms with Gasteiger partial charge in [0.2, 0.25) is 0 Å². The Bertz CT molecular complexity index is 946. The van der Waals surface area contributed by atoms with Crippen LogP contribution in [0.3, 0.4) is 0 Å². The van der Waals surface area contributed by atoms with Crippen molar-refractivity contribution in [3.05, 3.63) is 60.2 Å². The molecule has 6 nitrogen and oxygen atoms in total. The fourth-order valence-electron chi connectivity index (χ4n) is 2.86. The molecule has 0 aliphatic carbocycles. The van der Waals surface area contributed by atoms with Gasteiger partial charge in [-0.2, -0.15) is 5.10 Å². The molecule has 1 aromatic heterocycles. The molecule has 0 spiro atoms. The van der Waals surface area contributed by atoms with Crippen LogP contribution in [0.15, 0.2) is 54.6 Å². The summed E-state index contributed by atoms with van der Waals surface area (Å²) in [5.41, 5.74) is 4.26. The van der Waals surface area contributed by atoms with Crippen LogP contribution in [0.1, 0.15) is 24.2 Å². The first kappa shape index (κ1) is 20.6. The molecule has 29 heavy (non-hydrogen) atoms. The van der Waals surface area contributed by atoms with Gasteiger partial charge in [0.1, 0.15) is 12.4 Å². The van der Waals surface area contributed by atoms with Gasteiger partial charge in [-0.3, -0.25) is 9.89 Å². The fourth-order valence-corrected chi connectivity index (χ4v) is 2.86. The zero-order chi connectivity index (χ0) is 20.8. The SMILES string of the molecule is CC(C)NC(=O)c1cccc(-c2cc(-c3ccc(OCCN(C)C)cc3)[nH]n2)c1. The number of aromatic nitrogens is 2. The predicted octanol–water partition coefficient (Wildman–Crippen LogP) is 3.82. The largest absolute Gasteiger partial charge is 0.492 e. The van der Waals surface area contributed by atoms with E-state index in [1.54, 1.807) is 0 Å². The van der Waals surface area contributed by atoms with Gasteiger partial charge in [-0.05, 0) is 76.0 Å². The molecular weight excluding hydrogens is 364 g/mol. The molecule has 1 amide bonds. The van der Waals surface area contributed by atoms with Gasteiger partial charge in [-0.15, -0.1) is 0 Å². The summed E-state index contributed by atoms with van der Waals surface area (Å²) in [5.74, 6) is 0.765. The number of benzene rings is 2. The zero-order valence-corrected chi connectivity index (χ0v) is 17.4. The summed E-state index contributed by atoms with van der Waals surface area (Å²) in [6.45, 7) is 5.42. The Morgan fingerprint density at radius 3 is 2.55 bits per heavy atom. The Morgan fingerprint density at radius 2 is 1.86 bits per heavy atom. The minimum absolute atomic E-state index is 0.0811. The van der Waals surface area contributed by atoms with Gasteiger partial charge in [0.15, 0.2) is 0 Å². The number of nitrogens with zero attached hydrogens (tertiary/aromatic N) is 2. The lowest BCUT2D eigenvalue weighted by molar-refractivity contribution is 0.0943. The number of nitrogens with one attached hydrogen (secondary N) is 2. The van der Waals surface area contributed by atoms with E-state index in [1.165, 1.54) is 0 Å². The molecule has 0 aliphatic heterocycles. The highest BCUT2D eigenvalue weighted by Crippen LogP contribution is 2.26. The fraction of sp³-hybridized carbons (Fsp3) is 0.304. The zero-order valence-electron chi connectivity index (χ0n) is 17.4. The lowest BCUT2D eigenvalue weighted by atomic mass is 10.1. The van der Waals surface area contributed by atoms with E-state index >= 15 is 0 Å². The maximum Gasteiger partial charge on any atom is 0.251 e. The Hall–Kier alpha value is -3.12. The van der Waals surface area contributed by atoms with Gasteiger partial charge < -0.3 is 15.0 Å². The Balaban J connectivity index is 1.71. The van der Waals surface area contributed by atoms with Crippen LogP contribution in [-0.4, -0.2) is 54.3 Å². The van der Waals surface area contributed by atoms with Crippen molar-refractivity contribution < 1.29 is 9.53 Å². The molecule has 6 heteroatoms. The van der Waals surface area contributed by atoms with Crippen LogP contribution in [0.25, 0.3) is 22.5 Å². The molecule has 3 aromatic rings. The molecule has 0 aliphatic rings. The van der Waals surface area contributed by atoms with Gasteiger partial charge in [0, 0.05) is 23.7 Å². The van der Waals surface area contributed by atoms with Crippen LogP contribution in [0.5, 0.6) is 5.75 Å². The van der Waals surface area contributed by atoms with Crippen molar-refractivity contribution in [1.29, 1.82) is 0 Å². The number of amides is 1. The van der Waals surface area contributed by atoms with E-state index in [2.05, 4.69) is 20.4 Å². The minimum atomic E-state index is -0.0811. The quantitative estimate of drug-likeness (QED) is 0.611. The molecule has 0 fully saturated rings. The number of carbonyl (C=O) groups is 1. The maximum absolute atomic E-state index is 12.3. The van der Waals surface area contributed by atoms with E-state index in [0.29, 0.717) is 12.2 Å². The number of ether oxygens (including phenoxy) is 1. The van der Waals surface area contributed by atoms with E-state index in [-0.39, 0.29) is 11.9 Å². The number of hydrogen-bond acceptors (Lipinski definition) is 4. The van der Waals surface area contributed by atoms with Gasteiger partial charge in [-0.1, -0.05) is 12.1 Å². The maximum atomic E-state index is 12.3. The number of likely N-dealkylation sites (N-methyl/N-ethyl adjacent to an activating group) is 1. The van der Waals surface area contributed by atoms with Gasteiger partial charge in [-0.25, -0.2) is 0 Å². The van der Waals surface area contributed by atoms with Crippen molar-refractivity contribution in [2.45, 2.75) is 19.9 Å². The van der Waals surface area contributed by atoms with E-state index in [9.17, 15) is 4.79 Å². The number of rotatable bonds is 8. The standard InChI is InChI=1S/C23H28N4O2/c1-16(2)24-23(28)19-7-5-6-18(14-19)22-15-21(25-26-22)17-8-10-20(11-9-17)29-13-12-27(3)4/h5-11,14-16H,12-13H2,1-4H3,(H,24,28)(H,25,26). The van der Waals surface area contributed by atoms with Gasteiger partial charge >= 0.3 is 0 Å². The van der Waals surface area contributed by atoms with Gasteiger partial charge in [0.25, 0.3) is 5.91 Å². The molecule has 2 N–H and O–H groups in total. The summed E-state index contributed by atoms with van der Waals surface area (Å²) in [7, 11) is 4.05. The third kappa shape index (κ3) is 5.68. The normalized spacial score (nSPS) is 11.1. The minimum Gasteiger partial charge on any atom is -0.492 e. The third-order valence-electron chi connectivity index (χ3n) is 4.39. The smallest absolute Gasteiger partial charge is 0.251 e. The molecule has 0 saturated heterocycles. The van der Waals surface area contributed by atoms with Crippen LogP contribution in [0.4, 0.5) is 0 Å². The summed E-state index contributed by atoms with van der Waals surface area (Å²) in [5, 5.41) is 10.4. The summed E-state index contributed by atoms with van der Waals surface area (Å²) in [6.07, 6.45) is 0. The molecule has 0 saturated carbocycles. The Morgan fingerprint density at radius 1 is 1.10 bits per heavy atom. The molecule has 2 aromatic carbocycles. The van der Waals surface area contributed by atoms with Crippen LogP contribution in [-0.2, 0) is 0 Å². The molecule has 152 valence electrons. The predicted molar refractivity (Wildman–Crippen MR) is 116 cm³/mol. The summed E-state index contributed by atoms with van der Waals surface area (Å²) in [4.78, 5) is 14.3. The first-order valence-electron chi connectivity index (χ1n) is 9.77. The first-order valence-corrected chi connectivity index (χ1v) is 9.77. The lowest BCUT2D eigenvalue weighted by Crippen LogP contribution is -2.30. The topological polar surface area (TPSA) is 70.2 Å². The lowest BCUT2D eigenvalue weighted by Gasteiger charge is -2.11. The highest BCUT2D eigenvalue weighted by molar-refractivity contribution is 5.95. The van der Waals surface area contributed by atoms with Gasteiger partial charge in [0.05, 0.1) is 11.4 Å². The summed E-state index contributed by atoms with van der Waals surface area (Å²) < 4.78 is 5.74. The van der Waals surface area contributed by atoms with E-state index < -0.39 is 0 Å². The van der Waals surface area contributed by atoms with Crippen LogP contribution in [0, 0.1) is 0 Å². The molecule has 3 rings (SSSR count). The van der Waals surface area contributed by atoms with Crippen LogP contribution < -0.4 is 10.1 Å². The average Bonchev–Trinajstić information content (AvgIpc) is 3.18. The van der Waals surface area contributed by atoms with Crippen molar-refractivity contribution in [3.8, 4) is 28.3 Å². The Labute approximate surface area is 171 Å². The number of hydrogen-bond donors (Lipinski definition) is 2. The molecule has 0 radical (unpaired) electrons. The van der Waals surface area contributed by atoms with Crippen LogP contribution in [0.2, 0.25) is 0 Å². The molecule has 0 atom stereocenters. The van der Waals surface area contributed by atoms with E-state index in [0.717, 1.165) is 34.8 Å². The highest BCUT2D eigenvalue weighted by Gasteiger charge is 2.11. The third-order valence-corrected chi connectivity index (χ3v) is 4.39. The average molecular weight is 393 g/mol. The highest BCUT2D eigenvalue weighted by atomic mass is 16.5. The second-order valence-electron chi connectivity index (χ2n) is 7.55. The number of H-pyrrole nitrogens is 1. The molecular formula is C23H28N4O2. The first-order chi connectivity index (χ1) is 13.9. The number of aromatic amines is 1. The van der Waals surface area contributed by atoms with Crippen molar-refractivity contribution in [3.63, 3.8) is 0 Å². The molecule has 0 unspecified atom stereocenters. The second kappa shape index (κ2) is 9.39. The summed E-state index contributed by atoms with van der Waals surface area (Å²) in [6, 6.07) is 17.5. The van der Waals surface area contributed by atoms with E-state index in [4.69, 9.17) is 4.74 Å². The van der Waals surface area contributed by atoms with Crippen LogP contribution >= 0.6 is 0 Å².